The first-order chi connectivity index (χ1) is 12.2. The Morgan fingerprint density at radius 3 is 2.73 bits per heavy atom. The Morgan fingerprint density at radius 2 is 2.04 bits per heavy atom. The van der Waals surface area contributed by atoms with Crippen molar-refractivity contribution in [3.8, 4) is 0 Å². The molecule has 2 fully saturated rings. The van der Waals surface area contributed by atoms with E-state index >= 15 is 0 Å². The summed E-state index contributed by atoms with van der Waals surface area (Å²) in [7, 11) is 1.59. The summed E-state index contributed by atoms with van der Waals surface area (Å²) in [6.45, 7) is 6.19. The third-order valence-corrected chi connectivity index (χ3v) is 6.39. The highest BCUT2D eigenvalue weighted by Crippen LogP contribution is 2.53. The molecule has 148 valence electrons. The van der Waals surface area contributed by atoms with Gasteiger partial charge in [-0.25, -0.2) is 4.79 Å². The highest BCUT2D eigenvalue weighted by atomic mass is 16.7. The Bertz CT molecular complexity index is 584. The van der Waals surface area contributed by atoms with Crippen LogP contribution >= 0.6 is 0 Å². The molecule has 26 heavy (non-hydrogen) atoms. The summed E-state index contributed by atoms with van der Waals surface area (Å²) in [6.07, 6.45) is 0.503. The van der Waals surface area contributed by atoms with Crippen LogP contribution in [0.25, 0.3) is 0 Å². The van der Waals surface area contributed by atoms with Gasteiger partial charge in [0.05, 0.1) is 24.9 Å². The van der Waals surface area contributed by atoms with Crippen molar-refractivity contribution in [2.45, 2.75) is 63.4 Å². The number of methoxy groups -OCH3 is 1. The molecule has 3 aliphatic rings. The second-order valence-electron chi connectivity index (χ2n) is 8.04. The van der Waals surface area contributed by atoms with Crippen LogP contribution in [0.1, 0.15) is 40.0 Å². The molecule has 1 aliphatic heterocycles. The van der Waals surface area contributed by atoms with Gasteiger partial charge < -0.3 is 29.2 Å². The minimum atomic E-state index is -1.14. The van der Waals surface area contributed by atoms with E-state index in [4.69, 9.17) is 18.9 Å². The number of fused-ring (bicyclic) bond motifs is 3. The van der Waals surface area contributed by atoms with E-state index in [0.717, 1.165) is 11.1 Å². The van der Waals surface area contributed by atoms with E-state index in [1.54, 1.807) is 21.0 Å². The third kappa shape index (κ3) is 3.20. The van der Waals surface area contributed by atoms with E-state index in [-0.39, 0.29) is 18.6 Å². The summed E-state index contributed by atoms with van der Waals surface area (Å²) in [4.78, 5) is 12.7. The number of esters is 1. The lowest BCUT2D eigenvalue weighted by Gasteiger charge is -2.31. The summed E-state index contributed by atoms with van der Waals surface area (Å²) < 4.78 is 21.9. The minimum absolute atomic E-state index is 0.0291. The van der Waals surface area contributed by atoms with Crippen LogP contribution in [0.5, 0.6) is 0 Å². The predicted molar refractivity (Wildman–Crippen MR) is 92.2 cm³/mol. The molecule has 0 amide bonds. The summed E-state index contributed by atoms with van der Waals surface area (Å²) in [5.74, 6) is -0.849. The number of ether oxygens (including phenoxy) is 4. The van der Waals surface area contributed by atoms with E-state index in [1.165, 1.54) is 0 Å². The molecular formula is C19H30O7. The maximum absolute atomic E-state index is 12.7. The van der Waals surface area contributed by atoms with Gasteiger partial charge >= 0.3 is 5.97 Å². The Hall–Kier alpha value is -0.990. The summed E-state index contributed by atoms with van der Waals surface area (Å²) in [5, 5.41) is 21.3. The van der Waals surface area contributed by atoms with Crippen LogP contribution in [0, 0.1) is 11.8 Å². The summed E-state index contributed by atoms with van der Waals surface area (Å²) in [6, 6.07) is 0. The van der Waals surface area contributed by atoms with E-state index in [1.807, 2.05) is 6.92 Å². The van der Waals surface area contributed by atoms with Gasteiger partial charge in [0.25, 0.3) is 0 Å². The van der Waals surface area contributed by atoms with E-state index in [2.05, 4.69) is 0 Å². The first kappa shape index (κ1) is 19.8. The maximum Gasteiger partial charge on any atom is 0.339 e. The summed E-state index contributed by atoms with van der Waals surface area (Å²) in [5.41, 5.74) is -0.406. The Morgan fingerprint density at radius 1 is 1.31 bits per heavy atom. The fraction of sp³-hybridized carbons (Fsp3) is 0.842. The number of hydrogen-bond acceptors (Lipinski definition) is 7. The van der Waals surface area contributed by atoms with Crippen molar-refractivity contribution in [3.63, 3.8) is 0 Å². The molecule has 0 aromatic rings. The van der Waals surface area contributed by atoms with Crippen molar-refractivity contribution in [3.05, 3.63) is 11.1 Å². The molecule has 7 heteroatoms. The molecule has 1 saturated carbocycles. The van der Waals surface area contributed by atoms with Crippen LogP contribution in [0.4, 0.5) is 0 Å². The van der Waals surface area contributed by atoms with Crippen LogP contribution in [0.3, 0.4) is 0 Å². The smallest absolute Gasteiger partial charge is 0.339 e. The molecule has 3 rings (SSSR count). The van der Waals surface area contributed by atoms with Gasteiger partial charge in [0.2, 0.25) is 0 Å². The van der Waals surface area contributed by atoms with Crippen molar-refractivity contribution in [1.29, 1.82) is 0 Å². The molecule has 6 atom stereocenters. The molecular weight excluding hydrogens is 340 g/mol. The zero-order chi connectivity index (χ0) is 19.1. The summed E-state index contributed by atoms with van der Waals surface area (Å²) >= 11 is 0. The molecule has 1 heterocycles. The lowest BCUT2D eigenvalue weighted by molar-refractivity contribution is -0.179. The van der Waals surface area contributed by atoms with Gasteiger partial charge in [0.15, 0.2) is 5.60 Å². The predicted octanol–water partition coefficient (Wildman–Crippen LogP) is 1.17. The van der Waals surface area contributed by atoms with Crippen LogP contribution in [0.2, 0.25) is 0 Å². The van der Waals surface area contributed by atoms with E-state index < -0.39 is 29.4 Å². The maximum atomic E-state index is 12.7. The Labute approximate surface area is 154 Å². The molecule has 0 spiro atoms. The largest absolute Gasteiger partial charge is 0.455 e. The van der Waals surface area contributed by atoms with E-state index in [9.17, 15) is 15.0 Å². The molecule has 2 aliphatic carbocycles. The van der Waals surface area contributed by atoms with Gasteiger partial charge in [-0.1, -0.05) is 0 Å². The number of carbonyl (C=O) groups is 1. The van der Waals surface area contributed by atoms with Crippen molar-refractivity contribution in [1.82, 2.24) is 0 Å². The monoisotopic (exact) mass is 370 g/mol. The molecule has 0 bridgehead atoms. The van der Waals surface area contributed by atoms with Gasteiger partial charge in [-0.2, -0.15) is 0 Å². The fourth-order valence-electron chi connectivity index (χ4n) is 4.62. The number of carbonyl (C=O) groups excluding carboxylic acids is 1. The average molecular weight is 370 g/mol. The minimum Gasteiger partial charge on any atom is -0.455 e. The molecule has 1 saturated heterocycles. The zero-order valence-electron chi connectivity index (χ0n) is 16.0. The van der Waals surface area contributed by atoms with Gasteiger partial charge in [0.1, 0.15) is 12.9 Å². The van der Waals surface area contributed by atoms with Crippen LogP contribution in [-0.4, -0.2) is 66.7 Å². The molecule has 0 radical (unpaired) electrons. The fourth-order valence-corrected chi connectivity index (χ4v) is 4.62. The Kier molecular flexibility index (Phi) is 5.48. The zero-order valence-corrected chi connectivity index (χ0v) is 16.0. The second-order valence-corrected chi connectivity index (χ2v) is 8.04. The van der Waals surface area contributed by atoms with Crippen molar-refractivity contribution < 1.29 is 34.0 Å². The average Bonchev–Trinajstić information content (AvgIpc) is 2.97. The molecule has 0 aromatic carbocycles. The molecule has 7 nitrogen and oxygen atoms in total. The Balaban J connectivity index is 1.83. The van der Waals surface area contributed by atoms with Crippen molar-refractivity contribution >= 4 is 5.97 Å². The SMILES string of the molecule is COCCOCO[C@]1(C)C(=O)O[C@H]2C3=C(C)[C@@H](O)C[C@H]3[C@](C)(O)CC[C@H]21. The van der Waals surface area contributed by atoms with Gasteiger partial charge in [-0.15, -0.1) is 0 Å². The number of aliphatic hydroxyl groups excluding tert-OH is 1. The van der Waals surface area contributed by atoms with Crippen LogP contribution in [0.15, 0.2) is 11.1 Å². The first-order valence-electron chi connectivity index (χ1n) is 9.25. The lowest BCUT2D eigenvalue weighted by Crippen LogP contribution is -2.42. The van der Waals surface area contributed by atoms with E-state index in [0.29, 0.717) is 32.5 Å². The lowest BCUT2D eigenvalue weighted by atomic mass is 9.81. The first-order valence-corrected chi connectivity index (χ1v) is 9.25. The van der Waals surface area contributed by atoms with Crippen LogP contribution < -0.4 is 0 Å². The molecule has 2 N–H and O–H groups in total. The third-order valence-electron chi connectivity index (χ3n) is 6.39. The second kappa shape index (κ2) is 7.20. The highest BCUT2D eigenvalue weighted by Gasteiger charge is 2.61. The number of aliphatic hydroxyl groups is 2. The molecule has 0 unspecified atom stereocenters. The van der Waals surface area contributed by atoms with Crippen LogP contribution in [-0.2, 0) is 23.7 Å². The normalized spacial score (nSPS) is 42.5. The number of hydrogen-bond donors (Lipinski definition) is 2. The highest BCUT2D eigenvalue weighted by molar-refractivity contribution is 5.83. The van der Waals surface area contributed by atoms with Gasteiger partial charge in [-0.05, 0) is 51.2 Å². The van der Waals surface area contributed by atoms with Crippen molar-refractivity contribution in [2.24, 2.45) is 11.8 Å². The van der Waals surface area contributed by atoms with Gasteiger partial charge in [-0.3, -0.25) is 0 Å². The quantitative estimate of drug-likeness (QED) is 0.314. The molecule has 0 aromatic heterocycles. The topological polar surface area (TPSA) is 94.5 Å². The standard InChI is InChI=1S/C19H30O7/c1-11-14(20)9-13-15(11)16-12(5-6-18(13,2)22)19(3,17(21)26-16)25-10-24-8-7-23-4/h12-14,16,20,22H,5-10H2,1-4H3/t12-,13-,14+,16-,18-,19+/m1/s1. The van der Waals surface area contributed by atoms with Crippen molar-refractivity contribution in [2.75, 3.05) is 27.1 Å². The van der Waals surface area contributed by atoms with Gasteiger partial charge in [0, 0.05) is 18.9 Å². The number of rotatable bonds is 6.